The molecule has 1 heterocycles. The van der Waals surface area contributed by atoms with E-state index in [0.717, 1.165) is 19.3 Å². The summed E-state index contributed by atoms with van der Waals surface area (Å²) in [5.74, 6) is 1.59. The summed E-state index contributed by atoms with van der Waals surface area (Å²) in [5.41, 5.74) is 5.71. The van der Waals surface area contributed by atoms with Crippen molar-refractivity contribution in [3.8, 4) is 0 Å². The second-order valence-corrected chi connectivity index (χ2v) is 7.72. The first-order valence-electron chi connectivity index (χ1n) is 6.72. The van der Waals surface area contributed by atoms with Gasteiger partial charge in [0.15, 0.2) is 0 Å². The van der Waals surface area contributed by atoms with Crippen LogP contribution < -0.4 is 5.73 Å². The summed E-state index contributed by atoms with van der Waals surface area (Å²) in [6.45, 7) is 3.29. The van der Waals surface area contributed by atoms with Gasteiger partial charge in [0.05, 0.1) is 5.75 Å². The molecule has 0 bridgehead atoms. The highest BCUT2D eigenvalue weighted by atomic mass is 32.2. The number of hydrogen-bond acceptors (Lipinski definition) is 3. The van der Waals surface area contributed by atoms with Gasteiger partial charge in [-0.2, -0.15) is 4.31 Å². The summed E-state index contributed by atoms with van der Waals surface area (Å²) in [5, 5.41) is 0. The molecule has 0 spiro atoms. The van der Waals surface area contributed by atoms with Crippen molar-refractivity contribution in [3.05, 3.63) is 0 Å². The summed E-state index contributed by atoms with van der Waals surface area (Å²) in [6, 6.07) is 0.0305. The first-order valence-corrected chi connectivity index (χ1v) is 8.33. The van der Waals surface area contributed by atoms with Crippen LogP contribution in [-0.2, 0) is 10.0 Å². The molecule has 100 valence electrons. The molecule has 5 heteroatoms. The van der Waals surface area contributed by atoms with E-state index in [1.807, 2.05) is 0 Å². The smallest absolute Gasteiger partial charge is 0.214 e. The van der Waals surface area contributed by atoms with Crippen LogP contribution in [0.15, 0.2) is 0 Å². The standard InChI is InChI=1S/C12H24N2O2S/c1-10-4-6-14(12(8-10)9-13)17(15,16)7-5-11-2-3-11/h10-12H,2-9,13H2,1H3. The van der Waals surface area contributed by atoms with Gasteiger partial charge in [-0.15, -0.1) is 0 Å². The van der Waals surface area contributed by atoms with Crippen LogP contribution in [0.2, 0.25) is 0 Å². The quantitative estimate of drug-likeness (QED) is 0.807. The SMILES string of the molecule is CC1CCN(S(=O)(=O)CCC2CC2)C(CN)C1. The highest BCUT2D eigenvalue weighted by Gasteiger charge is 2.34. The summed E-state index contributed by atoms with van der Waals surface area (Å²) in [7, 11) is -3.07. The summed E-state index contributed by atoms with van der Waals surface area (Å²) in [6.07, 6.45) is 5.16. The van der Waals surface area contributed by atoms with E-state index in [4.69, 9.17) is 5.73 Å². The highest BCUT2D eigenvalue weighted by molar-refractivity contribution is 7.89. The van der Waals surface area contributed by atoms with Gasteiger partial charge in [0.1, 0.15) is 0 Å². The predicted octanol–water partition coefficient (Wildman–Crippen LogP) is 1.18. The lowest BCUT2D eigenvalue weighted by molar-refractivity contribution is 0.211. The molecule has 2 aliphatic rings. The fourth-order valence-electron chi connectivity index (χ4n) is 2.65. The monoisotopic (exact) mass is 260 g/mol. The summed E-state index contributed by atoms with van der Waals surface area (Å²) in [4.78, 5) is 0. The normalized spacial score (nSPS) is 31.6. The molecule has 1 aliphatic carbocycles. The average molecular weight is 260 g/mol. The summed E-state index contributed by atoms with van der Waals surface area (Å²) < 4.78 is 26.2. The lowest BCUT2D eigenvalue weighted by Crippen LogP contribution is -2.49. The van der Waals surface area contributed by atoms with E-state index < -0.39 is 10.0 Å². The van der Waals surface area contributed by atoms with Gasteiger partial charge >= 0.3 is 0 Å². The third kappa shape index (κ3) is 3.42. The van der Waals surface area contributed by atoms with Crippen LogP contribution >= 0.6 is 0 Å². The third-order valence-corrected chi connectivity index (χ3v) is 5.98. The van der Waals surface area contributed by atoms with Crippen LogP contribution in [0.3, 0.4) is 0 Å². The second-order valence-electron chi connectivity index (χ2n) is 5.68. The van der Waals surface area contributed by atoms with E-state index in [0.29, 0.717) is 30.7 Å². The van der Waals surface area contributed by atoms with E-state index in [1.165, 1.54) is 12.8 Å². The zero-order valence-electron chi connectivity index (χ0n) is 10.6. The molecule has 2 fully saturated rings. The summed E-state index contributed by atoms with van der Waals surface area (Å²) >= 11 is 0. The van der Waals surface area contributed by atoms with Crippen LogP contribution in [-0.4, -0.2) is 37.6 Å². The molecule has 2 atom stereocenters. The largest absolute Gasteiger partial charge is 0.329 e. The number of sulfonamides is 1. The fourth-order valence-corrected chi connectivity index (χ4v) is 4.53. The van der Waals surface area contributed by atoms with Crippen molar-refractivity contribution in [2.24, 2.45) is 17.6 Å². The number of rotatable bonds is 5. The minimum absolute atomic E-state index is 0.0305. The molecule has 2 rings (SSSR count). The first-order chi connectivity index (χ1) is 8.03. The van der Waals surface area contributed by atoms with Gasteiger partial charge in [-0.1, -0.05) is 19.8 Å². The Labute approximate surface area is 105 Å². The first kappa shape index (κ1) is 13.3. The maximum Gasteiger partial charge on any atom is 0.214 e. The Morgan fingerprint density at radius 1 is 1.29 bits per heavy atom. The lowest BCUT2D eigenvalue weighted by Gasteiger charge is -2.36. The van der Waals surface area contributed by atoms with Crippen molar-refractivity contribution in [1.29, 1.82) is 0 Å². The minimum atomic E-state index is -3.07. The van der Waals surface area contributed by atoms with Crippen LogP contribution in [0.1, 0.15) is 39.0 Å². The number of hydrogen-bond donors (Lipinski definition) is 1. The zero-order valence-corrected chi connectivity index (χ0v) is 11.5. The van der Waals surface area contributed by atoms with E-state index in [9.17, 15) is 8.42 Å². The van der Waals surface area contributed by atoms with Crippen molar-refractivity contribution in [2.45, 2.75) is 45.1 Å². The van der Waals surface area contributed by atoms with Crippen molar-refractivity contribution >= 4 is 10.0 Å². The molecule has 2 unspecified atom stereocenters. The van der Waals surface area contributed by atoms with Crippen LogP contribution in [0.25, 0.3) is 0 Å². The zero-order chi connectivity index (χ0) is 12.5. The maximum absolute atomic E-state index is 12.3. The molecule has 1 saturated carbocycles. The Bertz CT molecular complexity index is 352. The van der Waals surface area contributed by atoms with Gasteiger partial charge in [0.2, 0.25) is 10.0 Å². The lowest BCUT2D eigenvalue weighted by atomic mass is 9.94. The number of nitrogens with zero attached hydrogens (tertiary/aromatic N) is 1. The van der Waals surface area contributed by atoms with E-state index in [2.05, 4.69) is 6.92 Å². The molecule has 0 aromatic carbocycles. The van der Waals surface area contributed by atoms with Gasteiger partial charge in [0, 0.05) is 19.1 Å². The molecule has 1 aliphatic heterocycles. The molecule has 0 aromatic heterocycles. The fraction of sp³-hybridized carbons (Fsp3) is 1.00. The second kappa shape index (κ2) is 5.24. The van der Waals surface area contributed by atoms with Crippen molar-refractivity contribution in [3.63, 3.8) is 0 Å². The third-order valence-electron chi connectivity index (χ3n) is 4.03. The highest BCUT2D eigenvalue weighted by Crippen LogP contribution is 2.33. The number of piperidine rings is 1. The number of nitrogens with two attached hydrogens (primary N) is 1. The Morgan fingerprint density at radius 3 is 2.59 bits per heavy atom. The Kier molecular flexibility index (Phi) is 4.10. The molecule has 2 N–H and O–H groups in total. The molecule has 0 radical (unpaired) electrons. The van der Waals surface area contributed by atoms with Crippen molar-refractivity contribution < 1.29 is 8.42 Å². The maximum atomic E-state index is 12.3. The van der Waals surface area contributed by atoms with E-state index >= 15 is 0 Å². The molecule has 1 saturated heterocycles. The Morgan fingerprint density at radius 2 is 2.00 bits per heavy atom. The van der Waals surface area contributed by atoms with E-state index in [-0.39, 0.29) is 6.04 Å². The molecule has 0 aromatic rings. The topological polar surface area (TPSA) is 63.4 Å². The van der Waals surface area contributed by atoms with Crippen LogP contribution in [0, 0.1) is 11.8 Å². The van der Waals surface area contributed by atoms with Crippen molar-refractivity contribution in [2.75, 3.05) is 18.8 Å². The molecule has 4 nitrogen and oxygen atoms in total. The van der Waals surface area contributed by atoms with Gasteiger partial charge in [-0.25, -0.2) is 8.42 Å². The van der Waals surface area contributed by atoms with Gasteiger partial charge < -0.3 is 5.73 Å². The minimum Gasteiger partial charge on any atom is -0.329 e. The molecular formula is C12H24N2O2S. The molecule has 0 amide bonds. The Balaban J connectivity index is 1.97. The van der Waals surface area contributed by atoms with E-state index in [1.54, 1.807) is 4.31 Å². The molecular weight excluding hydrogens is 236 g/mol. The van der Waals surface area contributed by atoms with Crippen LogP contribution in [0.5, 0.6) is 0 Å². The molecule has 17 heavy (non-hydrogen) atoms. The van der Waals surface area contributed by atoms with Gasteiger partial charge in [-0.05, 0) is 31.1 Å². The Hall–Kier alpha value is -0.130. The predicted molar refractivity (Wildman–Crippen MR) is 69.1 cm³/mol. The van der Waals surface area contributed by atoms with Crippen molar-refractivity contribution in [1.82, 2.24) is 4.31 Å². The average Bonchev–Trinajstić information content (AvgIpc) is 3.09. The van der Waals surface area contributed by atoms with Gasteiger partial charge in [-0.3, -0.25) is 0 Å². The van der Waals surface area contributed by atoms with Gasteiger partial charge in [0.25, 0.3) is 0 Å². The van der Waals surface area contributed by atoms with Crippen LogP contribution in [0.4, 0.5) is 0 Å².